The number of benzene rings is 2. The summed E-state index contributed by atoms with van der Waals surface area (Å²) < 4.78 is 0. The Bertz CT molecular complexity index is 806. The molecule has 0 bridgehead atoms. The summed E-state index contributed by atoms with van der Waals surface area (Å²) in [6, 6.07) is 14.4. The second kappa shape index (κ2) is 7.50. The molecule has 0 fully saturated rings. The molecule has 0 radical (unpaired) electrons. The smallest absolute Gasteiger partial charge is 0.239 e. The minimum absolute atomic E-state index is 0.125. The van der Waals surface area contributed by atoms with E-state index in [4.69, 9.17) is 11.6 Å². The highest BCUT2D eigenvalue weighted by Crippen LogP contribution is 2.31. The van der Waals surface area contributed by atoms with E-state index in [2.05, 4.69) is 31.4 Å². The Hall–Kier alpha value is -2.33. The summed E-state index contributed by atoms with van der Waals surface area (Å²) in [6.45, 7) is 9.45. The van der Waals surface area contributed by atoms with Gasteiger partial charge in [-0.3, -0.25) is 9.59 Å². The summed E-state index contributed by atoms with van der Waals surface area (Å²) in [6.07, 6.45) is 0. The number of anilines is 2. The van der Waals surface area contributed by atoms with Crippen LogP contribution >= 0.6 is 11.6 Å². The van der Waals surface area contributed by atoms with Crippen molar-refractivity contribution in [3.05, 3.63) is 59.1 Å². The average Bonchev–Trinajstić information content (AvgIpc) is 2.56. The molecule has 26 heavy (non-hydrogen) atoms. The monoisotopic (exact) mass is 372 g/mol. The molecule has 0 aliphatic carbocycles. The lowest BCUT2D eigenvalue weighted by molar-refractivity contribution is -0.135. The van der Waals surface area contributed by atoms with Crippen LogP contribution < -0.4 is 10.6 Å². The van der Waals surface area contributed by atoms with Crippen LogP contribution in [0.15, 0.2) is 48.5 Å². The third-order valence-corrected chi connectivity index (χ3v) is 4.47. The fraction of sp³-hybridized carbons (Fsp3) is 0.333. The van der Waals surface area contributed by atoms with E-state index in [0.29, 0.717) is 10.7 Å². The van der Waals surface area contributed by atoms with E-state index < -0.39 is 5.41 Å². The third-order valence-electron chi connectivity index (χ3n) is 4.22. The average molecular weight is 373 g/mol. The van der Waals surface area contributed by atoms with Crippen LogP contribution in [0.4, 0.5) is 11.4 Å². The van der Waals surface area contributed by atoms with Gasteiger partial charge in [0, 0.05) is 16.4 Å². The molecule has 2 aromatic carbocycles. The molecule has 4 nitrogen and oxygen atoms in total. The van der Waals surface area contributed by atoms with Crippen LogP contribution in [0.25, 0.3) is 0 Å². The lowest BCUT2D eigenvalue weighted by Gasteiger charge is -2.26. The van der Waals surface area contributed by atoms with Gasteiger partial charge in [0.05, 0.1) is 0 Å². The number of amides is 2. The van der Waals surface area contributed by atoms with E-state index in [9.17, 15) is 9.59 Å². The predicted molar refractivity (Wildman–Crippen MR) is 108 cm³/mol. The van der Waals surface area contributed by atoms with Gasteiger partial charge in [0.25, 0.3) is 0 Å². The highest BCUT2D eigenvalue weighted by atomic mass is 35.5. The largest absolute Gasteiger partial charge is 0.325 e. The van der Waals surface area contributed by atoms with Crippen LogP contribution in [0.3, 0.4) is 0 Å². The number of carbonyl (C=O) groups excluding carboxylic acids is 2. The maximum atomic E-state index is 12.8. The number of nitrogens with one attached hydrogen (secondary N) is 2. The Morgan fingerprint density at radius 3 is 1.92 bits per heavy atom. The van der Waals surface area contributed by atoms with E-state index in [1.165, 1.54) is 0 Å². The van der Waals surface area contributed by atoms with Crippen LogP contribution in [-0.2, 0) is 15.0 Å². The maximum absolute atomic E-state index is 12.8. The number of carbonyl (C=O) groups is 2. The van der Waals surface area contributed by atoms with Crippen molar-refractivity contribution in [2.75, 3.05) is 10.6 Å². The summed E-state index contributed by atoms with van der Waals surface area (Å²) >= 11 is 5.85. The first-order valence-electron chi connectivity index (χ1n) is 8.50. The van der Waals surface area contributed by atoms with Crippen molar-refractivity contribution in [1.82, 2.24) is 0 Å². The van der Waals surface area contributed by atoms with E-state index >= 15 is 0 Å². The van der Waals surface area contributed by atoms with Crippen LogP contribution in [0.5, 0.6) is 0 Å². The third kappa shape index (κ3) is 4.64. The minimum Gasteiger partial charge on any atom is -0.325 e. The maximum Gasteiger partial charge on any atom is 0.239 e. The van der Waals surface area contributed by atoms with Gasteiger partial charge in [0.1, 0.15) is 5.41 Å². The Labute approximate surface area is 159 Å². The molecule has 0 unspecified atom stereocenters. The van der Waals surface area contributed by atoms with Crippen molar-refractivity contribution in [2.45, 2.75) is 40.0 Å². The summed E-state index contributed by atoms with van der Waals surface area (Å²) in [7, 11) is 0. The number of hydrogen-bond acceptors (Lipinski definition) is 2. The molecule has 2 aromatic rings. The van der Waals surface area contributed by atoms with E-state index in [1.54, 1.807) is 38.1 Å². The first-order chi connectivity index (χ1) is 12.0. The summed E-state index contributed by atoms with van der Waals surface area (Å²) in [4.78, 5) is 25.4. The number of halogens is 1. The summed E-state index contributed by atoms with van der Waals surface area (Å²) in [5.41, 5.74) is 0.958. The van der Waals surface area contributed by atoms with Crippen LogP contribution in [0, 0.1) is 5.41 Å². The molecule has 5 heteroatoms. The molecule has 0 aromatic heterocycles. The van der Waals surface area contributed by atoms with Gasteiger partial charge < -0.3 is 10.6 Å². The van der Waals surface area contributed by atoms with Gasteiger partial charge in [-0.25, -0.2) is 0 Å². The van der Waals surface area contributed by atoms with Gasteiger partial charge in [0.15, 0.2) is 0 Å². The second-order valence-corrected chi connectivity index (χ2v) is 8.27. The molecule has 0 heterocycles. The van der Waals surface area contributed by atoms with E-state index in [-0.39, 0.29) is 17.2 Å². The quantitative estimate of drug-likeness (QED) is 0.721. The molecule has 0 spiro atoms. The highest BCUT2D eigenvalue weighted by Gasteiger charge is 2.36. The highest BCUT2D eigenvalue weighted by molar-refractivity contribution is 6.30. The fourth-order valence-corrected chi connectivity index (χ4v) is 2.57. The van der Waals surface area contributed by atoms with Gasteiger partial charge in [0.2, 0.25) is 11.8 Å². The Kier molecular flexibility index (Phi) is 5.77. The summed E-state index contributed by atoms with van der Waals surface area (Å²) in [5.74, 6) is -0.744. The van der Waals surface area contributed by atoms with Crippen molar-refractivity contribution < 1.29 is 9.59 Å². The normalized spacial score (nSPS) is 11.8. The lowest BCUT2D eigenvalue weighted by Crippen LogP contribution is -2.42. The standard InChI is InChI=1S/C21H25ClN2O2/c1-20(2,3)16-8-6-7-9-17(16)24-19(26)21(4,5)18(25)23-15-12-10-14(22)11-13-15/h6-13H,1-5H3,(H,23,25)(H,24,26). The van der Waals surface area contributed by atoms with Crippen LogP contribution in [-0.4, -0.2) is 11.8 Å². The topological polar surface area (TPSA) is 58.2 Å². The zero-order valence-corrected chi connectivity index (χ0v) is 16.6. The zero-order valence-electron chi connectivity index (χ0n) is 15.8. The predicted octanol–water partition coefficient (Wildman–Crippen LogP) is 5.24. The van der Waals surface area contributed by atoms with Crippen molar-refractivity contribution in [3.8, 4) is 0 Å². The van der Waals surface area contributed by atoms with Gasteiger partial charge in [-0.2, -0.15) is 0 Å². The minimum atomic E-state index is -1.25. The van der Waals surface area contributed by atoms with Gasteiger partial charge in [-0.15, -0.1) is 0 Å². The molecule has 0 aliphatic rings. The van der Waals surface area contributed by atoms with Crippen molar-refractivity contribution in [1.29, 1.82) is 0 Å². The Morgan fingerprint density at radius 1 is 0.808 bits per heavy atom. The van der Waals surface area contributed by atoms with Crippen molar-refractivity contribution in [2.24, 2.45) is 5.41 Å². The molecular formula is C21H25ClN2O2. The molecule has 138 valence electrons. The lowest BCUT2D eigenvalue weighted by atomic mass is 9.85. The van der Waals surface area contributed by atoms with Crippen LogP contribution in [0.1, 0.15) is 40.2 Å². The first kappa shape index (κ1) is 20.0. The van der Waals surface area contributed by atoms with Crippen molar-refractivity contribution in [3.63, 3.8) is 0 Å². The van der Waals surface area contributed by atoms with E-state index in [0.717, 1.165) is 11.3 Å². The van der Waals surface area contributed by atoms with Crippen molar-refractivity contribution >= 4 is 34.8 Å². The molecule has 0 saturated carbocycles. The second-order valence-electron chi connectivity index (χ2n) is 7.84. The fourth-order valence-electron chi connectivity index (χ4n) is 2.45. The Morgan fingerprint density at radius 2 is 1.35 bits per heavy atom. The number of rotatable bonds is 4. The first-order valence-corrected chi connectivity index (χ1v) is 8.87. The molecular weight excluding hydrogens is 348 g/mol. The molecule has 2 N–H and O–H groups in total. The molecule has 0 saturated heterocycles. The zero-order chi connectivity index (χ0) is 19.5. The van der Waals surface area contributed by atoms with Gasteiger partial charge in [-0.05, 0) is 55.2 Å². The molecule has 0 aliphatic heterocycles. The Balaban J connectivity index is 2.17. The number of hydrogen-bond donors (Lipinski definition) is 2. The van der Waals surface area contributed by atoms with Gasteiger partial charge >= 0.3 is 0 Å². The molecule has 2 amide bonds. The van der Waals surface area contributed by atoms with E-state index in [1.807, 2.05) is 24.3 Å². The SMILES string of the molecule is CC(C)(C(=O)Nc1ccc(Cl)cc1)C(=O)Nc1ccccc1C(C)(C)C. The van der Waals surface area contributed by atoms with Gasteiger partial charge in [-0.1, -0.05) is 50.6 Å². The van der Waals surface area contributed by atoms with Crippen LogP contribution in [0.2, 0.25) is 5.02 Å². The summed E-state index contributed by atoms with van der Waals surface area (Å²) in [5, 5.41) is 6.26. The molecule has 2 rings (SSSR count). The molecule has 0 atom stereocenters. The number of para-hydroxylation sites is 1.